The molecule has 0 unspecified atom stereocenters. The number of benzene rings is 1. The molecule has 0 aliphatic heterocycles. The van der Waals surface area contributed by atoms with Crippen molar-refractivity contribution in [1.82, 2.24) is 0 Å². The first-order valence-corrected chi connectivity index (χ1v) is 6.00. The third kappa shape index (κ3) is 2.73. The van der Waals surface area contributed by atoms with Gasteiger partial charge in [0.25, 0.3) is 0 Å². The van der Waals surface area contributed by atoms with Gasteiger partial charge in [-0.25, -0.2) is 4.79 Å². The predicted molar refractivity (Wildman–Crippen MR) is 72.9 cm³/mol. The first-order chi connectivity index (χ1) is 9.13. The number of esters is 1. The van der Waals surface area contributed by atoms with E-state index < -0.39 is 5.97 Å². The van der Waals surface area contributed by atoms with Crippen LogP contribution >= 0.6 is 0 Å². The van der Waals surface area contributed by atoms with Gasteiger partial charge in [0.1, 0.15) is 11.3 Å². The minimum absolute atomic E-state index is 0.153. The van der Waals surface area contributed by atoms with E-state index in [-0.39, 0.29) is 5.43 Å². The number of fused-ring (bicyclic) bond motifs is 1. The van der Waals surface area contributed by atoms with E-state index in [1.807, 2.05) is 0 Å². The van der Waals surface area contributed by atoms with E-state index in [2.05, 4.69) is 0 Å². The normalized spacial score (nSPS) is 11.1. The van der Waals surface area contributed by atoms with Crippen LogP contribution in [0.3, 0.4) is 0 Å². The summed E-state index contributed by atoms with van der Waals surface area (Å²) >= 11 is 0. The van der Waals surface area contributed by atoms with E-state index in [1.165, 1.54) is 12.2 Å². The second-order valence-corrected chi connectivity index (χ2v) is 3.98. The van der Waals surface area contributed by atoms with E-state index in [4.69, 9.17) is 9.15 Å². The zero-order chi connectivity index (χ0) is 13.8. The van der Waals surface area contributed by atoms with Gasteiger partial charge in [0.05, 0.1) is 17.6 Å². The summed E-state index contributed by atoms with van der Waals surface area (Å²) in [5.41, 5.74) is 0.755. The number of hydrogen-bond donors (Lipinski definition) is 0. The molecule has 98 valence electrons. The third-order valence-electron chi connectivity index (χ3n) is 2.69. The molecule has 0 fully saturated rings. The van der Waals surface area contributed by atoms with Crippen LogP contribution in [0.25, 0.3) is 17.0 Å². The molecule has 0 atom stereocenters. The van der Waals surface area contributed by atoms with Crippen molar-refractivity contribution in [3.63, 3.8) is 0 Å². The Morgan fingerprint density at radius 2 is 2.11 bits per heavy atom. The van der Waals surface area contributed by atoms with E-state index in [9.17, 15) is 9.59 Å². The smallest absolute Gasteiger partial charge is 0.330 e. The summed E-state index contributed by atoms with van der Waals surface area (Å²) in [5.74, 6) is -0.00120. The van der Waals surface area contributed by atoms with Crippen LogP contribution in [-0.2, 0) is 9.53 Å². The molecule has 2 aromatic rings. The van der Waals surface area contributed by atoms with Crippen molar-refractivity contribution in [3.8, 4) is 0 Å². The standard InChI is InChI=1S/C15H14O4/c1-3-18-14(16)9-8-11-10(2)19-13-7-5-4-6-12(13)15(11)17/h4-9H,3H2,1-2H3/b9-8+. The molecule has 0 saturated heterocycles. The van der Waals surface area contributed by atoms with Crippen molar-refractivity contribution >= 4 is 23.0 Å². The van der Waals surface area contributed by atoms with Crippen molar-refractivity contribution in [2.45, 2.75) is 13.8 Å². The van der Waals surface area contributed by atoms with Crippen LogP contribution in [0.15, 0.2) is 39.6 Å². The van der Waals surface area contributed by atoms with Crippen LogP contribution in [0.4, 0.5) is 0 Å². The molecule has 4 heteroatoms. The van der Waals surface area contributed by atoms with Crippen LogP contribution < -0.4 is 5.43 Å². The Morgan fingerprint density at radius 3 is 2.84 bits per heavy atom. The van der Waals surface area contributed by atoms with Gasteiger partial charge in [0.2, 0.25) is 0 Å². The topological polar surface area (TPSA) is 56.5 Å². The lowest BCUT2D eigenvalue weighted by Gasteiger charge is -2.02. The molecule has 0 bridgehead atoms. The molecule has 0 spiro atoms. The molecular formula is C15H14O4. The van der Waals surface area contributed by atoms with E-state index >= 15 is 0 Å². The van der Waals surface area contributed by atoms with Crippen molar-refractivity contribution in [3.05, 3.63) is 51.9 Å². The van der Waals surface area contributed by atoms with Gasteiger partial charge < -0.3 is 9.15 Å². The molecule has 19 heavy (non-hydrogen) atoms. The van der Waals surface area contributed by atoms with Crippen LogP contribution in [-0.4, -0.2) is 12.6 Å². The van der Waals surface area contributed by atoms with Crippen LogP contribution in [0.5, 0.6) is 0 Å². The summed E-state index contributed by atoms with van der Waals surface area (Å²) in [7, 11) is 0. The minimum atomic E-state index is -0.477. The Balaban J connectivity index is 2.49. The lowest BCUT2D eigenvalue weighted by Crippen LogP contribution is -2.08. The number of hydrogen-bond acceptors (Lipinski definition) is 4. The molecule has 1 aromatic carbocycles. The van der Waals surface area contributed by atoms with Crippen molar-refractivity contribution < 1.29 is 13.9 Å². The van der Waals surface area contributed by atoms with Gasteiger partial charge in [-0.3, -0.25) is 4.79 Å². The molecule has 0 radical (unpaired) electrons. The first kappa shape index (κ1) is 13.1. The summed E-state index contributed by atoms with van der Waals surface area (Å²) in [5, 5.41) is 0.497. The highest BCUT2D eigenvalue weighted by atomic mass is 16.5. The molecule has 1 heterocycles. The fourth-order valence-electron chi connectivity index (χ4n) is 1.80. The fraction of sp³-hybridized carbons (Fsp3) is 0.200. The molecule has 2 rings (SSSR count). The number of rotatable bonds is 3. The van der Waals surface area contributed by atoms with Crippen LogP contribution in [0.1, 0.15) is 18.2 Å². The van der Waals surface area contributed by atoms with E-state index in [0.29, 0.717) is 28.9 Å². The van der Waals surface area contributed by atoms with Gasteiger partial charge in [-0.15, -0.1) is 0 Å². The highest BCUT2D eigenvalue weighted by Gasteiger charge is 2.08. The second kappa shape index (κ2) is 5.52. The molecule has 0 saturated carbocycles. The second-order valence-electron chi connectivity index (χ2n) is 3.98. The maximum Gasteiger partial charge on any atom is 0.330 e. The van der Waals surface area contributed by atoms with Gasteiger partial charge in [-0.2, -0.15) is 0 Å². The number of carbonyl (C=O) groups excluding carboxylic acids is 1. The van der Waals surface area contributed by atoms with Gasteiger partial charge >= 0.3 is 5.97 Å². The predicted octanol–water partition coefficient (Wildman–Crippen LogP) is 2.68. The Hall–Kier alpha value is -2.36. The van der Waals surface area contributed by atoms with Gasteiger partial charge in [0.15, 0.2) is 5.43 Å². The summed E-state index contributed by atoms with van der Waals surface area (Å²) in [6.07, 6.45) is 2.67. The average molecular weight is 258 g/mol. The molecule has 0 aliphatic rings. The Labute approximate surface area is 110 Å². The van der Waals surface area contributed by atoms with Crippen molar-refractivity contribution in [1.29, 1.82) is 0 Å². The zero-order valence-electron chi connectivity index (χ0n) is 10.8. The lowest BCUT2D eigenvalue weighted by atomic mass is 10.1. The number of carbonyl (C=O) groups is 1. The van der Waals surface area contributed by atoms with Crippen LogP contribution in [0.2, 0.25) is 0 Å². The zero-order valence-corrected chi connectivity index (χ0v) is 10.8. The molecule has 1 aromatic heterocycles. The Bertz CT molecular complexity index is 695. The van der Waals surface area contributed by atoms with Gasteiger partial charge in [0, 0.05) is 6.08 Å². The Kier molecular flexibility index (Phi) is 3.80. The highest BCUT2D eigenvalue weighted by molar-refractivity contribution is 5.88. The average Bonchev–Trinajstić information content (AvgIpc) is 2.39. The van der Waals surface area contributed by atoms with E-state index in [0.717, 1.165) is 0 Å². The highest BCUT2D eigenvalue weighted by Crippen LogP contribution is 2.15. The third-order valence-corrected chi connectivity index (χ3v) is 2.69. The lowest BCUT2D eigenvalue weighted by molar-refractivity contribution is -0.137. The summed E-state index contributed by atoms with van der Waals surface area (Å²) in [6, 6.07) is 7.01. The number of aryl methyl sites for hydroxylation is 1. The number of para-hydroxylation sites is 1. The van der Waals surface area contributed by atoms with E-state index in [1.54, 1.807) is 38.1 Å². The number of ether oxygens (including phenoxy) is 1. The summed E-state index contributed by atoms with van der Waals surface area (Å²) < 4.78 is 10.3. The molecule has 0 aliphatic carbocycles. The summed E-state index contributed by atoms with van der Waals surface area (Å²) in [4.78, 5) is 23.5. The maximum atomic E-state index is 12.3. The van der Waals surface area contributed by atoms with Crippen molar-refractivity contribution in [2.24, 2.45) is 0 Å². The SMILES string of the molecule is CCOC(=O)/C=C/c1c(C)oc2ccccc2c1=O. The fourth-order valence-corrected chi connectivity index (χ4v) is 1.80. The quantitative estimate of drug-likeness (QED) is 0.627. The monoisotopic (exact) mass is 258 g/mol. The molecule has 0 amide bonds. The molecule has 0 N–H and O–H groups in total. The minimum Gasteiger partial charge on any atom is -0.463 e. The largest absolute Gasteiger partial charge is 0.463 e. The summed E-state index contributed by atoms with van der Waals surface area (Å²) in [6.45, 7) is 3.72. The molecular weight excluding hydrogens is 244 g/mol. The van der Waals surface area contributed by atoms with Gasteiger partial charge in [-0.1, -0.05) is 12.1 Å². The van der Waals surface area contributed by atoms with Gasteiger partial charge in [-0.05, 0) is 32.1 Å². The van der Waals surface area contributed by atoms with Crippen molar-refractivity contribution in [2.75, 3.05) is 6.61 Å². The van der Waals surface area contributed by atoms with Crippen LogP contribution in [0, 0.1) is 6.92 Å². The Morgan fingerprint density at radius 1 is 1.37 bits per heavy atom. The molecule has 4 nitrogen and oxygen atoms in total. The first-order valence-electron chi connectivity index (χ1n) is 6.00. The maximum absolute atomic E-state index is 12.3.